The van der Waals surface area contributed by atoms with Crippen LogP contribution in [0.3, 0.4) is 0 Å². The number of hydrogen-bond donors (Lipinski definition) is 2. The lowest BCUT2D eigenvalue weighted by molar-refractivity contribution is -0.148. The van der Waals surface area contributed by atoms with Gasteiger partial charge in [-0.3, -0.25) is 9.59 Å². The largest absolute Gasteiger partial charge is 0.490 e. The monoisotopic (exact) mass is 847 g/mol. The number of likely N-dealkylation sites (tertiary alicyclic amines) is 1. The lowest BCUT2D eigenvalue weighted by atomic mass is 9.68. The topological polar surface area (TPSA) is 132 Å². The number of alkyl halides is 2. The summed E-state index contributed by atoms with van der Waals surface area (Å²) in [4.78, 5) is 33.5. The van der Waals surface area contributed by atoms with Crippen molar-refractivity contribution in [3.8, 4) is 5.75 Å². The Balaban J connectivity index is 1.26. The maximum atomic E-state index is 14.0. The van der Waals surface area contributed by atoms with Gasteiger partial charge in [0.2, 0.25) is 5.91 Å². The van der Waals surface area contributed by atoms with Gasteiger partial charge in [0, 0.05) is 83.7 Å². The molecule has 1 saturated carbocycles. The van der Waals surface area contributed by atoms with E-state index in [2.05, 4.69) is 17.0 Å². The van der Waals surface area contributed by atoms with E-state index in [0.717, 1.165) is 36.4 Å². The molecule has 5 aliphatic rings. The number of anilines is 1. The Morgan fingerprint density at radius 1 is 1.10 bits per heavy atom. The van der Waals surface area contributed by atoms with Crippen LogP contribution in [0.1, 0.15) is 68.1 Å². The fourth-order valence-electron chi connectivity index (χ4n) is 9.24. The standard InChI is InChI=1S/C42H56ClF2N5O7S/c1-47(2)58(54,55)46-39(52)42(53)25-38(51)48(3)18-5-4-8-36(56-22-21-49-19-16-41(44,45)17-20-49)33-12-9-30(33)26-50-27-40(28-57-37-14-10-31(42)24-35(37)50)15-6-7-29-23-32(43)11-13-34(29)40/h4,8,10-11,13-14,23-24,30,33,36,53H,5-7,9,12,15-22,25-28H2,1-3H3,(H,46,52)/b8-4-/t30-,33+,36-,40-,42+/m0/s1. The zero-order valence-corrected chi connectivity index (χ0v) is 35.2. The Bertz CT molecular complexity index is 2000. The Hall–Kier alpha value is -3.34. The van der Waals surface area contributed by atoms with Crippen LogP contribution in [0, 0.1) is 11.8 Å². The second-order valence-electron chi connectivity index (χ2n) is 17.1. The van der Waals surface area contributed by atoms with E-state index in [1.165, 1.54) is 36.2 Å². The van der Waals surface area contributed by atoms with Crippen LogP contribution in [0.5, 0.6) is 5.75 Å². The van der Waals surface area contributed by atoms with Gasteiger partial charge in [-0.05, 0) is 91.3 Å². The lowest BCUT2D eigenvalue weighted by Gasteiger charge is -2.46. The first-order valence-corrected chi connectivity index (χ1v) is 22.2. The molecule has 12 nitrogen and oxygen atoms in total. The predicted octanol–water partition coefficient (Wildman–Crippen LogP) is 4.87. The molecule has 2 aliphatic carbocycles. The molecule has 318 valence electrons. The molecule has 2 fully saturated rings. The molecule has 5 atom stereocenters. The fourth-order valence-corrected chi connectivity index (χ4v) is 10.0. The minimum Gasteiger partial charge on any atom is -0.490 e. The van der Waals surface area contributed by atoms with Gasteiger partial charge in [0.15, 0.2) is 5.60 Å². The molecule has 0 unspecified atom stereocenters. The average Bonchev–Trinajstić information content (AvgIpc) is 3.31. The first-order valence-electron chi connectivity index (χ1n) is 20.4. The number of carbonyl (C=O) groups excluding carboxylic acids is 2. The summed E-state index contributed by atoms with van der Waals surface area (Å²) in [6, 6.07) is 10.9. The van der Waals surface area contributed by atoms with E-state index in [9.17, 15) is 31.9 Å². The van der Waals surface area contributed by atoms with Crippen molar-refractivity contribution in [1.82, 2.24) is 18.8 Å². The first kappa shape index (κ1) is 42.8. The third-order valence-corrected chi connectivity index (χ3v) is 14.7. The fraction of sp³-hybridized carbons (Fsp3) is 0.619. The average molecular weight is 848 g/mol. The highest BCUT2D eigenvalue weighted by Gasteiger charge is 2.47. The smallest absolute Gasteiger partial charge is 0.303 e. The van der Waals surface area contributed by atoms with E-state index in [1.54, 1.807) is 19.2 Å². The van der Waals surface area contributed by atoms with Crippen molar-refractivity contribution in [2.24, 2.45) is 11.8 Å². The molecule has 2 amide bonds. The number of piperidine rings is 1. The van der Waals surface area contributed by atoms with Crippen LogP contribution in [-0.4, -0.2) is 125 Å². The van der Waals surface area contributed by atoms with Gasteiger partial charge in [-0.2, -0.15) is 12.7 Å². The summed E-state index contributed by atoms with van der Waals surface area (Å²) < 4.78 is 69.6. The molecule has 2 N–H and O–H groups in total. The number of aliphatic hydroxyl groups is 1. The number of nitrogens with one attached hydrogen (secondary N) is 1. The molecule has 0 radical (unpaired) electrons. The summed E-state index contributed by atoms with van der Waals surface area (Å²) >= 11 is 6.48. The predicted molar refractivity (Wildman–Crippen MR) is 217 cm³/mol. The first-order chi connectivity index (χ1) is 27.5. The van der Waals surface area contributed by atoms with Crippen LogP contribution in [0.2, 0.25) is 5.02 Å². The quantitative estimate of drug-likeness (QED) is 0.375. The summed E-state index contributed by atoms with van der Waals surface area (Å²) in [7, 11) is -0.226. The SMILES string of the molecule is CN1CC/C=C\[C@H](OCCN2CCC(F)(F)CC2)[C@@H]2CC[C@H]2CN2C[C@@]3(CCCc4cc(Cl)ccc43)COc3ccc(cc32)[C@@](O)(C(=O)NS(=O)(=O)N(C)C)CC1=O. The second-order valence-corrected chi connectivity index (χ2v) is 19.4. The Labute approximate surface area is 345 Å². The third-order valence-electron chi connectivity index (χ3n) is 13.0. The van der Waals surface area contributed by atoms with E-state index in [0.29, 0.717) is 68.8 Å². The second kappa shape index (κ2) is 17.0. The number of aryl methyl sites for hydroxylation is 1. The number of ether oxygens (including phenoxy) is 2. The molecule has 3 aliphatic heterocycles. The zero-order valence-electron chi connectivity index (χ0n) is 33.6. The van der Waals surface area contributed by atoms with Gasteiger partial charge in [0.1, 0.15) is 5.75 Å². The maximum absolute atomic E-state index is 14.0. The van der Waals surface area contributed by atoms with E-state index in [4.69, 9.17) is 21.1 Å². The van der Waals surface area contributed by atoms with Gasteiger partial charge in [0.25, 0.3) is 11.8 Å². The minimum absolute atomic E-state index is 0.0636. The van der Waals surface area contributed by atoms with E-state index in [-0.39, 0.29) is 42.9 Å². The highest BCUT2D eigenvalue weighted by Crippen LogP contribution is 2.48. The van der Waals surface area contributed by atoms with Crippen molar-refractivity contribution in [2.75, 3.05) is 78.5 Å². The molecule has 2 aromatic carbocycles. The highest BCUT2D eigenvalue weighted by atomic mass is 35.5. The van der Waals surface area contributed by atoms with Crippen molar-refractivity contribution in [3.63, 3.8) is 0 Å². The summed E-state index contributed by atoms with van der Waals surface area (Å²) in [6.07, 6.45) is 7.84. The normalized spacial score (nSPS) is 29.8. The number of amides is 2. The van der Waals surface area contributed by atoms with Crippen molar-refractivity contribution >= 4 is 39.3 Å². The van der Waals surface area contributed by atoms with Crippen molar-refractivity contribution in [3.05, 3.63) is 70.3 Å². The van der Waals surface area contributed by atoms with Gasteiger partial charge in [-0.25, -0.2) is 13.5 Å². The summed E-state index contributed by atoms with van der Waals surface area (Å²) in [6.45, 7) is 3.44. The van der Waals surface area contributed by atoms with E-state index < -0.39 is 45.4 Å². The molecule has 16 heteroatoms. The minimum atomic E-state index is -4.33. The Morgan fingerprint density at radius 3 is 2.60 bits per heavy atom. The maximum Gasteiger partial charge on any atom is 0.303 e. The highest BCUT2D eigenvalue weighted by molar-refractivity contribution is 7.87. The molecule has 2 aromatic rings. The number of carbonyl (C=O) groups is 2. The lowest BCUT2D eigenvalue weighted by Crippen LogP contribution is -2.52. The van der Waals surface area contributed by atoms with Crippen molar-refractivity contribution in [1.29, 1.82) is 0 Å². The van der Waals surface area contributed by atoms with Gasteiger partial charge in [-0.15, -0.1) is 0 Å². The summed E-state index contributed by atoms with van der Waals surface area (Å²) in [5, 5.41) is 13.0. The molecular weight excluding hydrogens is 792 g/mol. The van der Waals surface area contributed by atoms with Crippen LogP contribution in [-0.2, 0) is 42.0 Å². The molecule has 1 saturated heterocycles. The molecule has 7 rings (SSSR count). The van der Waals surface area contributed by atoms with Crippen molar-refractivity contribution in [2.45, 2.75) is 80.8 Å². The number of rotatable bonds is 7. The van der Waals surface area contributed by atoms with Gasteiger partial charge in [0.05, 0.1) is 31.4 Å². The number of hydrogen-bond acceptors (Lipinski definition) is 9. The van der Waals surface area contributed by atoms with Crippen LogP contribution in [0.15, 0.2) is 48.6 Å². The zero-order chi connectivity index (χ0) is 41.5. The van der Waals surface area contributed by atoms with Crippen LogP contribution >= 0.6 is 11.6 Å². The molecule has 58 heavy (non-hydrogen) atoms. The van der Waals surface area contributed by atoms with Gasteiger partial charge >= 0.3 is 10.2 Å². The van der Waals surface area contributed by atoms with E-state index >= 15 is 0 Å². The number of nitrogens with zero attached hydrogens (tertiary/aromatic N) is 4. The number of fused-ring (bicyclic) bond motifs is 4. The molecule has 0 aromatic heterocycles. The molecular formula is C42H56ClF2N5O7S. The Kier molecular flexibility index (Phi) is 12.5. The number of halogens is 3. The molecule has 2 bridgehead atoms. The van der Waals surface area contributed by atoms with Gasteiger partial charge < -0.3 is 29.3 Å². The number of benzene rings is 2. The molecule has 3 heterocycles. The van der Waals surface area contributed by atoms with Crippen LogP contribution < -0.4 is 14.4 Å². The van der Waals surface area contributed by atoms with Gasteiger partial charge in [-0.1, -0.05) is 35.9 Å². The third kappa shape index (κ3) is 9.04. The molecule has 1 spiro atoms. The summed E-state index contributed by atoms with van der Waals surface area (Å²) in [5.74, 6) is -3.52. The van der Waals surface area contributed by atoms with Crippen molar-refractivity contribution < 1.29 is 41.4 Å². The van der Waals surface area contributed by atoms with E-state index in [1.807, 2.05) is 27.8 Å². The summed E-state index contributed by atoms with van der Waals surface area (Å²) in [5.41, 5.74) is 0.0788. The van der Waals surface area contributed by atoms with Crippen LogP contribution in [0.4, 0.5) is 14.5 Å². The Morgan fingerprint density at radius 2 is 1.88 bits per heavy atom. The van der Waals surface area contributed by atoms with Crippen LogP contribution in [0.25, 0.3) is 0 Å².